The van der Waals surface area contributed by atoms with Crippen molar-refractivity contribution >= 4 is 23.6 Å². The van der Waals surface area contributed by atoms with Crippen molar-refractivity contribution in [1.82, 2.24) is 4.90 Å². The zero-order valence-electron chi connectivity index (χ0n) is 10.3. The van der Waals surface area contributed by atoms with E-state index in [9.17, 15) is 14.7 Å². The number of aryl methyl sites for hydroxylation is 1. The molecule has 0 unspecified atom stereocenters. The fourth-order valence-electron chi connectivity index (χ4n) is 2.06. The predicted octanol–water partition coefficient (Wildman–Crippen LogP) is 0.707. The Hall–Kier alpha value is -1.49. The number of carbonyl (C=O) groups is 2. The van der Waals surface area contributed by atoms with Crippen LogP contribution in [0.4, 0.5) is 0 Å². The Morgan fingerprint density at radius 1 is 1.33 bits per heavy atom. The highest BCUT2D eigenvalue weighted by atomic mass is 32.2. The van der Waals surface area contributed by atoms with Crippen molar-refractivity contribution in [3.05, 3.63) is 35.4 Å². The van der Waals surface area contributed by atoms with Crippen molar-refractivity contribution in [2.45, 2.75) is 25.3 Å². The van der Waals surface area contributed by atoms with Gasteiger partial charge in [0.2, 0.25) is 5.91 Å². The largest absolute Gasteiger partial charge is 0.548 e. The van der Waals surface area contributed by atoms with Gasteiger partial charge < -0.3 is 14.8 Å². The summed E-state index contributed by atoms with van der Waals surface area (Å²) in [6.45, 7) is 3.38. The Kier molecular flexibility index (Phi) is 3.61. The highest BCUT2D eigenvalue weighted by Gasteiger charge is 2.37. The van der Waals surface area contributed by atoms with Crippen LogP contribution in [0.1, 0.15) is 23.4 Å². The lowest BCUT2D eigenvalue weighted by molar-refractivity contribution is -0.310. The smallest absolute Gasteiger partial charge is 0.221 e. The van der Waals surface area contributed by atoms with E-state index in [4.69, 9.17) is 0 Å². The van der Waals surface area contributed by atoms with Gasteiger partial charge in [0.25, 0.3) is 0 Å². The second-order valence-corrected chi connectivity index (χ2v) is 5.47. The number of nitrogens with zero attached hydrogens (tertiary/aromatic N) is 1. The summed E-state index contributed by atoms with van der Waals surface area (Å²) in [7, 11) is 0. The molecular weight excluding hydrogens is 250 g/mol. The van der Waals surface area contributed by atoms with Crippen LogP contribution in [0, 0.1) is 6.92 Å². The molecule has 0 radical (unpaired) electrons. The fourth-order valence-corrected chi connectivity index (χ4v) is 3.53. The first kappa shape index (κ1) is 13.0. The van der Waals surface area contributed by atoms with Crippen molar-refractivity contribution in [1.29, 1.82) is 0 Å². The lowest BCUT2D eigenvalue weighted by Gasteiger charge is -2.29. The van der Waals surface area contributed by atoms with E-state index in [1.165, 1.54) is 23.6 Å². The molecule has 2 rings (SSSR count). The maximum Gasteiger partial charge on any atom is 0.221 e. The van der Waals surface area contributed by atoms with Crippen LogP contribution in [0.25, 0.3) is 0 Å². The Labute approximate surface area is 110 Å². The van der Waals surface area contributed by atoms with Crippen LogP contribution in [0.2, 0.25) is 0 Å². The van der Waals surface area contributed by atoms with E-state index < -0.39 is 12.0 Å². The zero-order chi connectivity index (χ0) is 13.3. The standard InChI is InChI=1S/C13H15NO3S/c1-8-3-5-10(6-4-8)12-14(9(2)15)11(7-18-12)13(16)17/h3-6,11-12H,7H2,1-2H3,(H,16,17)/p-1/t11-,12+/m1/s1. The summed E-state index contributed by atoms with van der Waals surface area (Å²) in [6.07, 6.45) is 0. The summed E-state index contributed by atoms with van der Waals surface area (Å²) in [5.41, 5.74) is 2.08. The van der Waals surface area contributed by atoms with E-state index >= 15 is 0 Å². The predicted molar refractivity (Wildman–Crippen MR) is 67.7 cm³/mol. The van der Waals surface area contributed by atoms with Gasteiger partial charge in [-0.25, -0.2) is 0 Å². The van der Waals surface area contributed by atoms with Crippen LogP contribution < -0.4 is 5.11 Å². The average Bonchev–Trinajstić information content (AvgIpc) is 2.74. The van der Waals surface area contributed by atoms with Gasteiger partial charge >= 0.3 is 0 Å². The topological polar surface area (TPSA) is 60.4 Å². The van der Waals surface area contributed by atoms with Gasteiger partial charge in [0.1, 0.15) is 5.37 Å². The molecule has 18 heavy (non-hydrogen) atoms. The van der Waals surface area contributed by atoms with Gasteiger partial charge in [0, 0.05) is 12.7 Å². The Morgan fingerprint density at radius 3 is 2.44 bits per heavy atom. The van der Waals surface area contributed by atoms with Gasteiger partial charge in [0.05, 0.1) is 12.0 Å². The van der Waals surface area contributed by atoms with Crippen LogP contribution in [0.15, 0.2) is 24.3 Å². The number of hydrogen-bond acceptors (Lipinski definition) is 4. The van der Waals surface area contributed by atoms with Crippen LogP contribution >= 0.6 is 11.8 Å². The maximum absolute atomic E-state index is 11.6. The molecule has 5 heteroatoms. The van der Waals surface area contributed by atoms with Gasteiger partial charge in [0.15, 0.2) is 0 Å². The first-order chi connectivity index (χ1) is 8.50. The zero-order valence-corrected chi connectivity index (χ0v) is 11.1. The summed E-state index contributed by atoms with van der Waals surface area (Å²) in [5.74, 6) is -1.05. The third kappa shape index (κ3) is 2.36. The minimum absolute atomic E-state index is 0.231. The van der Waals surface area contributed by atoms with E-state index in [0.717, 1.165) is 11.1 Å². The quantitative estimate of drug-likeness (QED) is 0.789. The van der Waals surface area contributed by atoms with Crippen molar-refractivity contribution in [3.63, 3.8) is 0 Å². The Balaban J connectivity index is 2.30. The van der Waals surface area contributed by atoms with E-state index in [-0.39, 0.29) is 11.3 Å². The molecule has 0 N–H and O–H groups in total. The van der Waals surface area contributed by atoms with Crippen molar-refractivity contribution < 1.29 is 14.7 Å². The molecule has 0 aromatic heterocycles. The summed E-state index contributed by atoms with van der Waals surface area (Å²) in [6, 6.07) is 6.95. The molecule has 4 nitrogen and oxygen atoms in total. The second kappa shape index (κ2) is 5.02. The molecule has 1 aliphatic heterocycles. The Bertz CT molecular complexity index is 472. The van der Waals surface area contributed by atoms with Gasteiger partial charge in [-0.3, -0.25) is 4.79 Å². The molecule has 1 saturated heterocycles. The number of carbonyl (C=O) groups excluding carboxylic acids is 2. The van der Waals surface area contributed by atoms with Crippen LogP contribution in [-0.4, -0.2) is 28.6 Å². The summed E-state index contributed by atoms with van der Waals surface area (Å²) >= 11 is 1.46. The number of aliphatic carboxylic acids is 1. The molecule has 1 amide bonds. The average molecular weight is 264 g/mol. The molecule has 2 atom stereocenters. The fraction of sp³-hybridized carbons (Fsp3) is 0.385. The molecule has 1 aromatic carbocycles. The second-order valence-electron chi connectivity index (χ2n) is 4.36. The normalized spacial score (nSPS) is 23.1. The summed E-state index contributed by atoms with van der Waals surface area (Å²) in [4.78, 5) is 24.1. The van der Waals surface area contributed by atoms with Crippen LogP contribution in [-0.2, 0) is 9.59 Å². The van der Waals surface area contributed by atoms with Crippen molar-refractivity contribution in [3.8, 4) is 0 Å². The molecule has 1 heterocycles. The number of amides is 1. The van der Waals surface area contributed by atoms with E-state index in [0.29, 0.717) is 5.75 Å². The number of hydrogen-bond donors (Lipinski definition) is 0. The number of carboxylic acids is 1. The lowest BCUT2D eigenvalue weighted by Crippen LogP contribution is -2.48. The van der Waals surface area contributed by atoms with Gasteiger partial charge in [-0.1, -0.05) is 29.8 Å². The van der Waals surface area contributed by atoms with Gasteiger partial charge in [-0.15, -0.1) is 11.8 Å². The molecule has 96 valence electrons. The summed E-state index contributed by atoms with van der Waals surface area (Å²) in [5, 5.41) is 10.8. The molecular formula is C13H14NO3S-. The SMILES string of the molecule is CC(=O)N1[C@@H](C(=O)[O-])CS[C@H]1c1ccc(C)cc1. The van der Waals surface area contributed by atoms with Crippen LogP contribution in [0.5, 0.6) is 0 Å². The number of rotatable bonds is 2. The minimum atomic E-state index is -1.19. The molecule has 0 saturated carbocycles. The van der Waals surface area contributed by atoms with Crippen LogP contribution in [0.3, 0.4) is 0 Å². The van der Waals surface area contributed by atoms with Gasteiger partial charge in [-0.2, -0.15) is 0 Å². The van der Waals surface area contributed by atoms with E-state index in [2.05, 4.69) is 0 Å². The number of carboxylic acid groups (broad SMARTS) is 1. The lowest BCUT2D eigenvalue weighted by atomic mass is 10.1. The monoisotopic (exact) mass is 264 g/mol. The molecule has 0 aliphatic carbocycles. The maximum atomic E-state index is 11.6. The highest BCUT2D eigenvalue weighted by molar-refractivity contribution is 7.99. The first-order valence-corrected chi connectivity index (χ1v) is 6.73. The third-order valence-corrected chi connectivity index (χ3v) is 4.32. The number of benzene rings is 1. The third-order valence-electron chi connectivity index (χ3n) is 3.00. The summed E-state index contributed by atoms with van der Waals surface area (Å²) < 4.78 is 0. The van der Waals surface area contributed by atoms with Crippen molar-refractivity contribution in [2.24, 2.45) is 0 Å². The highest BCUT2D eigenvalue weighted by Crippen LogP contribution is 2.41. The molecule has 1 aliphatic rings. The van der Waals surface area contributed by atoms with E-state index in [1.54, 1.807) is 0 Å². The van der Waals surface area contributed by atoms with Crippen molar-refractivity contribution in [2.75, 3.05) is 5.75 Å². The number of thioether (sulfide) groups is 1. The molecule has 1 aromatic rings. The van der Waals surface area contributed by atoms with E-state index in [1.807, 2.05) is 31.2 Å². The molecule has 0 bridgehead atoms. The molecule has 1 fully saturated rings. The molecule has 0 spiro atoms. The first-order valence-electron chi connectivity index (χ1n) is 5.68. The Morgan fingerprint density at radius 2 is 1.94 bits per heavy atom. The van der Waals surface area contributed by atoms with Gasteiger partial charge in [-0.05, 0) is 12.5 Å². The minimum Gasteiger partial charge on any atom is -0.548 e.